The maximum absolute atomic E-state index is 12.6. The van der Waals surface area contributed by atoms with E-state index in [2.05, 4.69) is 14.0 Å². The number of ether oxygens (including phenoxy) is 2. The highest BCUT2D eigenvalue weighted by atomic mass is 16.5. The molecule has 0 radical (unpaired) electrons. The smallest absolute Gasteiger partial charge is 0.306 e. The van der Waals surface area contributed by atoms with Crippen LogP contribution < -0.4 is 0 Å². The average Bonchev–Trinajstić information content (AvgIpc) is 3.32. The van der Waals surface area contributed by atoms with Gasteiger partial charge in [0.2, 0.25) is 5.91 Å². The summed E-state index contributed by atoms with van der Waals surface area (Å²) in [4.78, 5) is 26.7. The predicted octanol–water partition coefficient (Wildman–Crippen LogP) is 4.70. The van der Waals surface area contributed by atoms with Crippen molar-refractivity contribution in [1.29, 1.82) is 0 Å². The predicted molar refractivity (Wildman–Crippen MR) is 128 cm³/mol. The maximum Gasteiger partial charge on any atom is 0.306 e. The van der Waals surface area contributed by atoms with Crippen molar-refractivity contribution in [2.45, 2.75) is 109 Å². The molecule has 2 saturated heterocycles. The molecule has 0 aromatic rings. The molecule has 6 nitrogen and oxygen atoms in total. The van der Waals surface area contributed by atoms with E-state index in [1.165, 1.54) is 51.4 Å². The molecule has 2 aliphatic rings. The van der Waals surface area contributed by atoms with Crippen molar-refractivity contribution >= 4 is 11.9 Å². The minimum absolute atomic E-state index is 0.0984. The lowest BCUT2D eigenvalue weighted by atomic mass is 10.1. The Morgan fingerprint density at radius 2 is 1.78 bits per heavy atom. The normalized spacial score (nSPS) is 24.3. The molecule has 6 heteroatoms. The zero-order valence-electron chi connectivity index (χ0n) is 21.1. The third-order valence-electron chi connectivity index (χ3n) is 7.45. The summed E-state index contributed by atoms with van der Waals surface area (Å²) in [6, 6.07) is 0.438. The number of hydrogen-bond donors (Lipinski definition) is 0. The summed E-state index contributed by atoms with van der Waals surface area (Å²) >= 11 is 0. The van der Waals surface area contributed by atoms with Gasteiger partial charge in [0.1, 0.15) is 12.6 Å². The molecule has 0 bridgehead atoms. The molecule has 186 valence electrons. The molecular formula is C26H49N2O4+. The number of methoxy groups -OCH3 is 1. The fourth-order valence-electron chi connectivity index (χ4n) is 5.44. The summed E-state index contributed by atoms with van der Waals surface area (Å²) in [6.07, 6.45) is 15.2. The Kier molecular flexibility index (Phi) is 12.6. The van der Waals surface area contributed by atoms with E-state index >= 15 is 0 Å². The number of amides is 1. The van der Waals surface area contributed by atoms with Gasteiger partial charge < -0.3 is 18.9 Å². The molecule has 2 aliphatic heterocycles. The molecule has 1 amide bonds. The Morgan fingerprint density at radius 1 is 1.09 bits per heavy atom. The zero-order valence-corrected chi connectivity index (χ0v) is 21.1. The third kappa shape index (κ3) is 9.38. The Morgan fingerprint density at radius 3 is 2.41 bits per heavy atom. The van der Waals surface area contributed by atoms with Gasteiger partial charge >= 0.3 is 5.97 Å². The summed E-state index contributed by atoms with van der Waals surface area (Å²) in [7, 11) is 4.01. The van der Waals surface area contributed by atoms with Gasteiger partial charge in [0.05, 0.1) is 26.7 Å². The summed E-state index contributed by atoms with van der Waals surface area (Å²) in [5.41, 5.74) is 0. The number of nitrogens with zero attached hydrogens (tertiary/aromatic N) is 2. The van der Waals surface area contributed by atoms with Gasteiger partial charge in [-0.1, -0.05) is 58.3 Å². The number of hydrogen-bond acceptors (Lipinski definition) is 4. The van der Waals surface area contributed by atoms with Gasteiger partial charge in [0.25, 0.3) is 0 Å². The summed E-state index contributed by atoms with van der Waals surface area (Å²) in [5.74, 6) is 0.0983. The highest BCUT2D eigenvalue weighted by Gasteiger charge is 2.41. The molecule has 2 rings (SSSR count). The minimum Gasteiger partial charge on any atom is -0.454 e. The van der Waals surface area contributed by atoms with Crippen LogP contribution in [0.3, 0.4) is 0 Å². The van der Waals surface area contributed by atoms with Gasteiger partial charge in [-0.25, -0.2) is 0 Å². The van der Waals surface area contributed by atoms with Gasteiger partial charge in [0, 0.05) is 39.3 Å². The second-order valence-electron chi connectivity index (χ2n) is 10.3. The van der Waals surface area contributed by atoms with E-state index in [9.17, 15) is 9.59 Å². The van der Waals surface area contributed by atoms with Crippen LogP contribution in [0.15, 0.2) is 0 Å². The Bertz CT molecular complexity index is 556. The first-order valence-corrected chi connectivity index (χ1v) is 13.3. The molecule has 0 aromatic carbocycles. The number of rotatable bonds is 17. The van der Waals surface area contributed by atoms with Crippen LogP contribution in [0.2, 0.25) is 0 Å². The van der Waals surface area contributed by atoms with Crippen molar-refractivity contribution in [2.75, 3.05) is 46.9 Å². The van der Waals surface area contributed by atoms with Crippen molar-refractivity contribution in [2.24, 2.45) is 0 Å². The second kappa shape index (κ2) is 14.9. The average molecular weight is 454 g/mol. The summed E-state index contributed by atoms with van der Waals surface area (Å²) < 4.78 is 12.3. The quantitative estimate of drug-likeness (QED) is 0.182. The van der Waals surface area contributed by atoms with Crippen LogP contribution in [0.4, 0.5) is 0 Å². The number of likely N-dealkylation sites (N-methyl/N-ethyl adjacent to an activating group) is 1. The molecule has 2 fully saturated rings. The Balaban J connectivity index is 1.77. The molecular weight excluding hydrogens is 404 g/mol. The van der Waals surface area contributed by atoms with Crippen LogP contribution in [0.5, 0.6) is 0 Å². The number of carbonyl (C=O) groups is 2. The number of quaternary nitrogens is 1. The molecule has 32 heavy (non-hydrogen) atoms. The first-order chi connectivity index (χ1) is 15.5. The monoisotopic (exact) mass is 453 g/mol. The van der Waals surface area contributed by atoms with Crippen LogP contribution in [-0.4, -0.2) is 80.3 Å². The lowest BCUT2D eigenvalue weighted by molar-refractivity contribution is -0.924. The van der Waals surface area contributed by atoms with Crippen LogP contribution in [-0.2, 0) is 19.1 Å². The van der Waals surface area contributed by atoms with E-state index in [4.69, 9.17) is 9.47 Å². The number of unbranched alkanes of at least 4 members (excludes halogenated alkanes) is 8. The van der Waals surface area contributed by atoms with Gasteiger partial charge in [-0.2, -0.15) is 0 Å². The van der Waals surface area contributed by atoms with E-state index in [-0.39, 0.29) is 18.0 Å². The van der Waals surface area contributed by atoms with E-state index in [1.54, 1.807) is 7.11 Å². The van der Waals surface area contributed by atoms with E-state index in [0.29, 0.717) is 25.4 Å². The summed E-state index contributed by atoms with van der Waals surface area (Å²) in [5, 5.41) is 0. The van der Waals surface area contributed by atoms with Crippen molar-refractivity contribution in [3.63, 3.8) is 0 Å². The SMILES string of the molecule is CCCCCCCCCCCC(=O)OC(CN1CCCC1=O)C[N+]1(C)CCC[C@@H]1COC. The second-order valence-corrected chi connectivity index (χ2v) is 10.3. The molecule has 2 heterocycles. The van der Waals surface area contributed by atoms with Crippen molar-refractivity contribution < 1.29 is 23.5 Å². The first kappa shape index (κ1) is 27.1. The van der Waals surface area contributed by atoms with Crippen LogP contribution >= 0.6 is 0 Å². The number of carbonyl (C=O) groups excluding carboxylic acids is 2. The summed E-state index contributed by atoms with van der Waals surface area (Å²) in [6.45, 7) is 6.15. The Labute approximate surface area is 196 Å². The third-order valence-corrected chi connectivity index (χ3v) is 7.45. The Hall–Kier alpha value is -1.14. The number of esters is 1. The van der Waals surface area contributed by atoms with E-state index in [1.807, 2.05) is 4.90 Å². The molecule has 3 atom stereocenters. The lowest BCUT2D eigenvalue weighted by Crippen LogP contribution is -2.56. The highest BCUT2D eigenvalue weighted by molar-refractivity contribution is 5.78. The first-order valence-electron chi connectivity index (χ1n) is 13.3. The van der Waals surface area contributed by atoms with Gasteiger partial charge in [-0.3, -0.25) is 9.59 Å². The lowest BCUT2D eigenvalue weighted by Gasteiger charge is -2.39. The van der Waals surface area contributed by atoms with Crippen LogP contribution in [0.1, 0.15) is 96.8 Å². The maximum atomic E-state index is 12.6. The van der Waals surface area contributed by atoms with Gasteiger partial charge in [-0.15, -0.1) is 0 Å². The van der Waals surface area contributed by atoms with Gasteiger partial charge in [0.15, 0.2) is 6.10 Å². The molecule has 0 aromatic heterocycles. The molecule has 0 saturated carbocycles. The topological polar surface area (TPSA) is 55.8 Å². The van der Waals surface area contributed by atoms with Crippen LogP contribution in [0.25, 0.3) is 0 Å². The fourth-order valence-corrected chi connectivity index (χ4v) is 5.44. The fraction of sp³-hybridized carbons (Fsp3) is 0.923. The molecule has 0 spiro atoms. The highest BCUT2D eigenvalue weighted by Crippen LogP contribution is 2.27. The molecule has 0 aliphatic carbocycles. The van der Waals surface area contributed by atoms with Gasteiger partial charge in [-0.05, 0) is 12.8 Å². The van der Waals surface area contributed by atoms with E-state index in [0.717, 1.165) is 56.4 Å². The van der Waals surface area contributed by atoms with E-state index < -0.39 is 0 Å². The van der Waals surface area contributed by atoms with Crippen molar-refractivity contribution in [3.05, 3.63) is 0 Å². The molecule has 2 unspecified atom stereocenters. The number of likely N-dealkylation sites (tertiary alicyclic amines) is 2. The standard InChI is InChI=1S/C26H49N2O4/c1-4-5-6-7-8-9-10-11-12-17-26(30)32-24(20-27-18-13-16-25(27)29)21-28(2)19-14-15-23(28)22-31-3/h23-24H,4-22H2,1-3H3/q+1/t23-,24?,28?/m1/s1. The van der Waals surface area contributed by atoms with Crippen LogP contribution in [0, 0.1) is 0 Å². The van der Waals surface area contributed by atoms with Crippen molar-refractivity contribution in [1.82, 2.24) is 4.90 Å². The zero-order chi connectivity index (χ0) is 23.2. The minimum atomic E-state index is -0.231. The van der Waals surface area contributed by atoms with Crippen molar-refractivity contribution in [3.8, 4) is 0 Å². The molecule has 0 N–H and O–H groups in total. The largest absolute Gasteiger partial charge is 0.454 e.